The number of hydrogen-bond acceptors (Lipinski definition) is 4. The van der Waals surface area contributed by atoms with Gasteiger partial charge in [-0.3, -0.25) is 0 Å². The highest BCUT2D eigenvalue weighted by Crippen LogP contribution is 2.62. The van der Waals surface area contributed by atoms with Crippen molar-refractivity contribution in [1.82, 2.24) is 0 Å². The van der Waals surface area contributed by atoms with Crippen molar-refractivity contribution in [2.24, 2.45) is 0 Å². The first-order valence-corrected chi connectivity index (χ1v) is 40.5. The fourth-order valence-corrected chi connectivity index (χ4v) is 22.9. The van der Waals surface area contributed by atoms with Crippen LogP contribution in [0.2, 0.25) is 0 Å². The highest BCUT2D eigenvalue weighted by molar-refractivity contribution is 7.91. The number of carboxylic acid groups (broad SMARTS) is 2. The van der Waals surface area contributed by atoms with E-state index in [1.807, 2.05) is 0 Å². The molecule has 0 aliphatic carbocycles. The van der Waals surface area contributed by atoms with E-state index >= 15 is 0 Å². The predicted molar refractivity (Wildman–Crippen MR) is 355 cm³/mol. The Morgan fingerprint density at radius 3 is 0.620 bits per heavy atom. The zero-order chi connectivity index (χ0) is 58.6. The molecule has 9 heteroatoms. The van der Waals surface area contributed by atoms with Crippen LogP contribution in [0.4, 0.5) is 0 Å². The number of benzene rings is 2. The maximum Gasteiger partial charge on any atom is 0.335 e. The van der Waals surface area contributed by atoms with Crippen molar-refractivity contribution >= 4 is 36.3 Å². The first-order valence-electron chi connectivity index (χ1n) is 33.9. The number of rotatable bonds is 52. The minimum atomic E-state index is -3.81. The van der Waals surface area contributed by atoms with Crippen LogP contribution in [0.3, 0.4) is 0 Å². The van der Waals surface area contributed by atoms with E-state index in [1.165, 1.54) is 293 Å². The summed E-state index contributed by atoms with van der Waals surface area (Å²) in [7, 11) is -5.07. The number of carbonyl (C=O) groups is 2. The molecule has 0 saturated heterocycles. The van der Waals surface area contributed by atoms with E-state index < -0.39 is 36.3 Å². The van der Waals surface area contributed by atoms with Gasteiger partial charge in [-0.05, 0) is 113 Å². The van der Waals surface area contributed by atoms with Gasteiger partial charge in [0.15, 0.2) is 0 Å². The second-order valence-electron chi connectivity index (χ2n) is 23.9. The smallest absolute Gasteiger partial charge is 0.335 e. The molecule has 0 aliphatic rings. The average Bonchev–Trinajstić information content (AvgIpc) is 3.46. The molecule has 2 aromatic rings. The predicted octanol–water partition coefficient (Wildman–Crippen LogP) is 23.7. The SMILES string of the molecule is CCCCCCCCCCCCCCCC[P+](CCCC)(CCCC)CCCC.CCCCCCCCCCCCCCCC[P+](CCCC)(CCCC)CCCC.O=C(O)c1ccc(S(=O)(=O)c2ccc(C(=O)O)cc2)cc1. The highest BCUT2D eigenvalue weighted by atomic mass is 32.2. The third kappa shape index (κ3) is 40.2. The van der Waals surface area contributed by atoms with Crippen LogP contribution in [0, 0.1) is 0 Å². The molecule has 0 amide bonds. The molecule has 0 bridgehead atoms. The maximum atomic E-state index is 12.3. The van der Waals surface area contributed by atoms with E-state index in [4.69, 9.17) is 10.2 Å². The Bertz CT molecular complexity index is 1610. The topological polar surface area (TPSA) is 109 Å². The molecule has 6 nitrogen and oxygen atoms in total. The third-order valence-corrected chi connectivity index (χ3v) is 28.6. The molecule has 0 heterocycles. The largest absolute Gasteiger partial charge is 0.478 e. The maximum absolute atomic E-state index is 12.3. The van der Waals surface area contributed by atoms with Crippen LogP contribution in [-0.2, 0) is 9.84 Å². The Morgan fingerprint density at radius 1 is 0.278 bits per heavy atom. The van der Waals surface area contributed by atoms with Gasteiger partial charge in [0.05, 0.1) is 70.2 Å². The Labute approximate surface area is 492 Å². The van der Waals surface area contributed by atoms with Crippen LogP contribution in [0.15, 0.2) is 58.3 Å². The standard InChI is InChI=1S/2C28H60P.C14H10O6S/c2*1-5-9-13-14-15-16-17-18-19-20-21-22-23-24-28-29(25-10-6-2,26-11-7-3)27-12-8-4;15-13(16)9-1-5-11(6-2-9)21(19,20)12-7-3-10(4-8-12)14(17)18/h2*5-28H2,1-4H3;1-8H,(H,15,16)(H,17,18)/q2*+1;. The molecule has 79 heavy (non-hydrogen) atoms. The number of hydrogen-bond donors (Lipinski definition) is 2. The summed E-state index contributed by atoms with van der Waals surface area (Å²) in [5.74, 6) is -2.30. The molecule has 0 unspecified atom stereocenters. The van der Waals surface area contributed by atoms with Crippen LogP contribution in [0.1, 0.15) is 333 Å². The van der Waals surface area contributed by atoms with Gasteiger partial charge < -0.3 is 10.2 Å². The van der Waals surface area contributed by atoms with Gasteiger partial charge in [-0.1, -0.05) is 248 Å². The highest BCUT2D eigenvalue weighted by Gasteiger charge is 2.35. The molecule has 2 aromatic carbocycles. The van der Waals surface area contributed by atoms with Crippen molar-refractivity contribution in [2.75, 3.05) is 49.3 Å². The molecular weight excluding hydrogens is 1030 g/mol. The zero-order valence-electron chi connectivity index (χ0n) is 53.4. The van der Waals surface area contributed by atoms with Gasteiger partial charge in [-0.2, -0.15) is 0 Å². The number of carboxylic acids is 2. The molecule has 0 atom stereocenters. The van der Waals surface area contributed by atoms with E-state index in [0.717, 1.165) is 0 Å². The molecule has 0 aliphatic heterocycles. The Hall–Kier alpha value is -1.81. The van der Waals surface area contributed by atoms with Crippen LogP contribution < -0.4 is 0 Å². The quantitative estimate of drug-likeness (QED) is 0.0505. The van der Waals surface area contributed by atoms with Crippen molar-refractivity contribution in [3.8, 4) is 0 Å². The minimum Gasteiger partial charge on any atom is -0.478 e. The Kier molecular flexibility index (Phi) is 51.7. The first-order chi connectivity index (χ1) is 38.3. The zero-order valence-corrected chi connectivity index (χ0v) is 56.0. The molecule has 0 aromatic heterocycles. The van der Waals surface area contributed by atoms with Crippen molar-refractivity contribution < 1.29 is 28.2 Å². The fraction of sp³-hybridized carbons (Fsp3) is 0.800. The lowest BCUT2D eigenvalue weighted by Crippen LogP contribution is -2.13. The number of unbranched alkanes of at least 4 members (excludes halogenated alkanes) is 32. The average molecular weight is 1160 g/mol. The normalized spacial score (nSPS) is 11.7. The van der Waals surface area contributed by atoms with Crippen molar-refractivity contribution in [3.63, 3.8) is 0 Å². The van der Waals surface area contributed by atoms with Gasteiger partial charge in [-0.15, -0.1) is 0 Å². The van der Waals surface area contributed by atoms with Gasteiger partial charge in [0, 0.05) is 14.5 Å². The monoisotopic (exact) mass is 1160 g/mol. The second-order valence-corrected chi connectivity index (χ2v) is 34.8. The lowest BCUT2D eigenvalue weighted by atomic mass is 10.0. The summed E-state index contributed by atoms with van der Waals surface area (Å²) >= 11 is 0. The number of sulfone groups is 1. The van der Waals surface area contributed by atoms with Gasteiger partial charge in [0.1, 0.15) is 0 Å². The minimum absolute atomic E-state index is 0.0184. The summed E-state index contributed by atoms with van der Waals surface area (Å²) in [6.45, 7) is 19.0. The first kappa shape index (κ1) is 77.2. The summed E-state index contributed by atoms with van der Waals surface area (Å²) in [5, 5.41) is 17.5. The molecule has 0 radical (unpaired) electrons. The summed E-state index contributed by atoms with van der Waals surface area (Å²) in [6.07, 6.45) is 71.9. The summed E-state index contributed by atoms with van der Waals surface area (Å²) in [6, 6.07) is 9.57. The molecular formula is C70H130O6P2S+2. The van der Waals surface area contributed by atoms with Crippen molar-refractivity contribution in [2.45, 2.75) is 322 Å². The molecule has 0 spiro atoms. The third-order valence-electron chi connectivity index (χ3n) is 16.7. The van der Waals surface area contributed by atoms with Crippen LogP contribution in [-0.4, -0.2) is 79.9 Å². The van der Waals surface area contributed by atoms with E-state index in [2.05, 4.69) is 55.4 Å². The Morgan fingerprint density at radius 2 is 0.443 bits per heavy atom. The molecule has 2 rings (SSSR count). The van der Waals surface area contributed by atoms with E-state index in [0.29, 0.717) is 0 Å². The van der Waals surface area contributed by atoms with E-state index in [-0.39, 0.29) is 20.9 Å². The number of aromatic carboxylic acids is 2. The van der Waals surface area contributed by atoms with Crippen molar-refractivity contribution in [3.05, 3.63) is 59.7 Å². The van der Waals surface area contributed by atoms with Gasteiger partial charge in [-0.25, -0.2) is 18.0 Å². The van der Waals surface area contributed by atoms with E-state index in [1.54, 1.807) is 62.1 Å². The molecule has 0 saturated carbocycles. The van der Waals surface area contributed by atoms with Gasteiger partial charge in [0.2, 0.25) is 9.84 Å². The van der Waals surface area contributed by atoms with Crippen LogP contribution >= 0.6 is 14.5 Å². The summed E-state index contributed by atoms with van der Waals surface area (Å²) in [4.78, 5) is 21.3. The van der Waals surface area contributed by atoms with Crippen LogP contribution in [0.5, 0.6) is 0 Å². The fourth-order valence-electron chi connectivity index (χ4n) is 11.3. The summed E-state index contributed by atoms with van der Waals surface area (Å²) in [5.41, 5.74) is -0.0367. The summed E-state index contributed by atoms with van der Waals surface area (Å²) < 4.78 is 24.6. The Balaban J connectivity index is 0.00000117. The molecule has 0 fully saturated rings. The molecule has 460 valence electrons. The molecule has 2 N–H and O–H groups in total. The van der Waals surface area contributed by atoms with Gasteiger partial charge in [0.25, 0.3) is 0 Å². The lowest BCUT2D eigenvalue weighted by molar-refractivity contribution is 0.0686. The van der Waals surface area contributed by atoms with Crippen molar-refractivity contribution in [1.29, 1.82) is 0 Å². The van der Waals surface area contributed by atoms with Crippen LogP contribution in [0.25, 0.3) is 0 Å². The lowest BCUT2D eigenvalue weighted by Gasteiger charge is -2.28. The van der Waals surface area contributed by atoms with Gasteiger partial charge >= 0.3 is 11.9 Å². The second kappa shape index (κ2) is 53.0. The van der Waals surface area contributed by atoms with E-state index in [9.17, 15) is 18.0 Å².